The number of fused-ring (bicyclic) bond motifs is 1. The summed E-state index contributed by atoms with van der Waals surface area (Å²) in [5, 5.41) is 12.8. The molecule has 2 N–H and O–H groups in total. The summed E-state index contributed by atoms with van der Waals surface area (Å²) in [5.41, 5.74) is 2.85. The maximum absolute atomic E-state index is 11.0. The van der Waals surface area contributed by atoms with Gasteiger partial charge in [0.1, 0.15) is 0 Å². The van der Waals surface area contributed by atoms with Crippen LogP contribution in [0.15, 0.2) is 22.7 Å². The minimum atomic E-state index is -0.626. The van der Waals surface area contributed by atoms with E-state index in [0.717, 1.165) is 38.5 Å². The molecule has 2 aliphatic rings. The van der Waals surface area contributed by atoms with Gasteiger partial charge in [0, 0.05) is 16.6 Å². The molecule has 1 fully saturated rings. The second-order valence-corrected chi connectivity index (χ2v) is 6.81. The van der Waals surface area contributed by atoms with Crippen LogP contribution >= 0.6 is 15.9 Å². The van der Waals surface area contributed by atoms with Crippen molar-refractivity contribution in [3.63, 3.8) is 0 Å². The van der Waals surface area contributed by atoms with Gasteiger partial charge in [0.2, 0.25) is 0 Å². The molecule has 0 saturated heterocycles. The third-order valence-electron chi connectivity index (χ3n) is 4.73. The van der Waals surface area contributed by atoms with Crippen LogP contribution in [0.3, 0.4) is 0 Å². The van der Waals surface area contributed by atoms with E-state index in [0.29, 0.717) is 12.1 Å². The highest BCUT2D eigenvalue weighted by atomic mass is 79.9. The largest absolute Gasteiger partial charge is 0.481 e. The van der Waals surface area contributed by atoms with E-state index >= 15 is 0 Å². The Morgan fingerprint density at radius 3 is 2.65 bits per heavy atom. The van der Waals surface area contributed by atoms with Gasteiger partial charge in [0.25, 0.3) is 0 Å². The molecule has 1 saturated carbocycles. The fourth-order valence-corrected chi connectivity index (χ4v) is 4.15. The van der Waals surface area contributed by atoms with Crippen LogP contribution in [0.2, 0.25) is 0 Å². The Kier molecular flexibility index (Phi) is 4.13. The van der Waals surface area contributed by atoms with Crippen LogP contribution in [0.25, 0.3) is 0 Å². The minimum absolute atomic E-state index is 0.127. The Morgan fingerprint density at radius 2 is 1.95 bits per heavy atom. The van der Waals surface area contributed by atoms with E-state index in [9.17, 15) is 4.79 Å². The molecule has 0 radical (unpaired) electrons. The number of hydrogen-bond acceptors (Lipinski definition) is 2. The topological polar surface area (TPSA) is 49.3 Å². The van der Waals surface area contributed by atoms with Crippen molar-refractivity contribution in [3.8, 4) is 0 Å². The number of rotatable bonds is 3. The fourth-order valence-electron chi connectivity index (χ4n) is 3.57. The number of carboxylic acid groups (broad SMARTS) is 1. The normalized spacial score (nSPS) is 29.1. The smallest absolute Gasteiger partial charge is 0.306 e. The van der Waals surface area contributed by atoms with E-state index in [-0.39, 0.29) is 5.92 Å². The predicted octanol–water partition coefficient (Wildman–Crippen LogP) is 3.67. The molecular formula is C16H20BrNO2. The highest BCUT2D eigenvalue weighted by molar-refractivity contribution is 9.10. The number of benzene rings is 1. The third kappa shape index (κ3) is 2.77. The molecule has 2 aliphatic carbocycles. The Hall–Kier alpha value is -0.870. The number of nitrogens with one attached hydrogen (secondary N) is 1. The molecular weight excluding hydrogens is 318 g/mol. The maximum Gasteiger partial charge on any atom is 0.306 e. The average Bonchev–Trinajstić information content (AvgIpc) is 2.84. The van der Waals surface area contributed by atoms with Gasteiger partial charge in [-0.05, 0) is 55.7 Å². The third-order valence-corrected chi connectivity index (χ3v) is 5.47. The van der Waals surface area contributed by atoms with Gasteiger partial charge < -0.3 is 10.4 Å². The molecule has 3 nitrogen and oxygen atoms in total. The zero-order chi connectivity index (χ0) is 14.1. The second-order valence-electron chi connectivity index (χ2n) is 5.95. The van der Waals surface area contributed by atoms with Crippen LogP contribution in [0.4, 0.5) is 0 Å². The molecule has 1 unspecified atom stereocenters. The van der Waals surface area contributed by atoms with Gasteiger partial charge in [-0.25, -0.2) is 0 Å². The van der Waals surface area contributed by atoms with Gasteiger partial charge in [0.05, 0.1) is 5.92 Å². The van der Waals surface area contributed by atoms with Crippen molar-refractivity contribution < 1.29 is 9.90 Å². The standard InChI is InChI=1S/C16H20BrNO2/c17-14-3-1-2-13-12(14)8-9-15(13)18-11-6-4-10(5-7-11)16(19)20/h1-3,10-11,15,18H,4-9H2,(H,19,20). The van der Waals surface area contributed by atoms with Gasteiger partial charge in [-0.15, -0.1) is 0 Å². The first-order valence-electron chi connectivity index (χ1n) is 7.41. The molecule has 1 aromatic carbocycles. The summed E-state index contributed by atoms with van der Waals surface area (Å²) >= 11 is 3.63. The molecule has 1 atom stereocenters. The van der Waals surface area contributed by atoms with E-state index < -0.39 is 5.97 Å². The first-order chi connectivity index (χ1) is 9.65. The van der Waals surface area contributed by atoms with E-state index in [1.165, 1.54) is 15.6 Å². The zero-order valence-corrected chi connectivity index (χ0v) is 13.0. The summed E-state index contributed by atoms with van der Waals surface area (Å²) < 4.78 is 1.22. The average molecular weight is 338 g/mol. The van der Waals surface area contributed by atoms with Crippen LogP contribution in [0.1, 0.15) is 49.3 Å². The van der Waals surface area contributed by atoms with Crippen LogP contribution in [0.5, 0.6) is 0 Å². The van der Waals surface area contributed by atoms with E-state index in [1.54, 1.807) is 0 Å². The lowest BCUT2D eigenvalue weighted by molar-refractivity contribution is -0.142. The highest BCUT2D eigenvalue weighted by Crippen LogP contribution is 2.37. The van der Waals surface area contributed by atoms with E-state index in [1.807, 2.05) is 0 Å². The second kappa shape index (κ2) is 5.86. The number of hydrogen-bond donors (Lipinski definition) is 2. The highest BCUT2D eigenvalue weighted by Gasteiger charge is 2.30. The monoisotopic (exact) mass is 337 g/mol. The minimum Gasteiger partial charge on any atom is -0.481 e. The summed E-state index contributed by atoms with van der Waals surface area (Å²) in [4.78, 5) is 11.0. The van der Waals surface area contributed by atoms with Gasteiger partial charge in [0.15, 0.2) is 0 Å². The molecule has 0 amide bonds. The molecule has 0 spiro atoms. The van der Waals surface area contributed by atoms with Crippen LogP contribution in [0, 0.1) is 5.92 Å². The molecule has 0 aliphatic heterocycles. The van der Waals surface area contributed by atoms with Crippen molar-refractivity contribution in [3.05, 3.63) is 33.8 Å². The fraction of sp³-hybridized carbons (Fsp3) is 0.562. The molecule has 108 valence electrons. The van der Waals surface area contributed by atoms with Crippen LogP contribution < -0.4 is 5.32 Å². The van der Waals surface area contributed by atoms with Crippen LogP contribution in [-0.2, 0) is 11.2 Å². The van der Waals surface area contributed by atoms with Crippen molar-refractivity contribution in [2.75, 3.05) is 0 Å². The number of aliphatic carboxylic acids is 1. The van der Waals surface area contributed by atoms with Crippen molar-refractivity contribution >= 4 is 21.9 Å². The molecule has 20 heavy (non-hydrogen) atoms. The Labute approximate surface area is 127 Å². The SMILES string of the molecule is O=C(O)C1CCC(NC2CCc3c(Br)cccc32)CC1. The van der Waals surface area contributed by atoms with Crippen molar-refractivity contribution in [1.82, 2.24) is 5.32 Å². The van der Waals surface area contributed by atoms with Gasteiger partial charge in [-0.1, -0.05) is 28.1 Å². The summed E-state index contributed by atoms with van der Waals surface area (Å²) in [7, 11) is 0. The van der Waals surface area contributed by atoms with E-state index in [4.69, 9.17) is 5.11 Å². The quantitative estimate of drug-likeness (QED) is 0.884. The molecule has 3 rings (SSSR count). The number of carboxylic acids is 1. The lowest BCUT2D eigenvalue weighted by atomic mass is 9.85. The summed E-state index contributed by atoms with van der Waals surface area (Å²) in [6, 6.07) is 7.34. The first kappa shape index (κ1) is 14.1. The Morgan fingerprint density at radius 1 is 1.20 bits per heavy atom. The molecule has 4 heteroatoms. The number of carbonyl (C=O) groups is 1. The first-order valence-corrected chi connectivity index (χ1v) is 8.20. The van der Waals surface area contributed by atoms with Gasteiger partial charge in [-0.2, -0.15) is 0 Å². The Balaban J connectivity index is 1.61. The van der Waals surface area contributed by atoms with Crippen molar-refractivity contribution in [1.29, 1.82) is 0 Å². The molecule has 0 bridgehead atoms. The van der Waals surface area contributed by atoms with Gasteiger partial charge in [-0.3, -0.25) is 4.79 Å². The molecule has 0 aromatic heterocycles. The summed E-state index contributed by atoms with van der Waals surface area (Å²) in [6.45, 7) is 0. The summed E-state index contributed by atoms with van der Waals surface area (Å²) in [6.07, 6.45) is 5.86. The van der Waals surface area contributed by atoms with E-state index in [2.05, 4.69) is 39.4 Å². The lowest BCUT2D eigenvalue weighted by Gasteiger charge is -2.29. The molecule has 0 heterocycles. The predicted molar refractivity (Wildman–Crippen MR) is 81.7 cm³/mol. The van der Waals surface area contributed by atoms with Crippen LogP contribution in [-0.4, -0.2) is 17.1 Å². The Bertz CT molecular complexity index is 509. The summed E-state index contributed by atoms with van der Waals surface area (Å²) in [5.74, 6) is -0.753. The lowest BCUT2D eigenvalue weighted by Crippen LogP contribution is -2.36. The zero-order valence-electron chi connectivity index (χ0n) is 11.4. The van der Waals surface area contributed by atoms with Crippen molar-refractivity contribution in [2.45, 2.75) is 50.6 Å². The van der Waals surface area contributed by atoms with Crippen molar-refractivity contribution in [2.24, 2.45) is 5.92 Å². The molecule has 1 aromatic rings. The number of halogens is 1. The van der Waals surface area contributed by atoms with Gasteiger partial charge >= 0.3 is 5.97 Å². The maximum atomic E-state index is 11.0.